The Morgan fingerprint density at radius 2 is 1.93 bits per heavy atom. The molecule has 1 heterocycles. The number of amides is 1. The Labute approximate surface area is 161 Å². The first-order valence-electron chi connectivity index (χ1n) is 8.78. The van der Waals surface area contributed by atoms with Gasteiger partial charge in [0.05, 0.1) is 18.0 Å². The standard InChI is InChI=1S/C21H20FN3O3/c1-13-6-8-15(9-7-13)19-11-18(20(27)23-14(2)12-26)21(28)25(24-19)17-5-3-4-16(22)10-17/h3-11,14,26H,12H2,1-2H3,(H,23,27)/t14-/m0/s1. The van der Waals surface area contributed by atoms with E-state index in [1.165, 1.54) is 30.3 Å². The van der Waals surface area contributed by atoms with Crippen LogP contribution in [0.5, 0.6) is 0 Å². The fourth-order valence-electron chi connectivity index (χ4n) is 2.65. The Morgan fingerprint density at radius 3 is 2.57 bits per heavy atom. The van der Waals surface area contributed by atoms with Crippen molar-refractivity contribution in [3.63, 3.8) is 0 Å². The van der Waals surface area contributed by atoms with Crippen molar-refractivity contribution >= 4 is 5.91 Å². The summed E-state index contributed by atoms with van der Waals surface area (Å²) >= 11 is 0. The molecule has 0 bridgehead atoms. The van der Waals surface area contributed by atoms with E-state index < -0.39 is 23.3 Å². The van der Waals surface area contributed by atoms with E-state index in [1.807, 2.05) is 31.2 Å². The number of rotatable bonds is 5. The molecule has 144 valence electrons. The summed E-state index contributed by atoms with van der Waals surface area (Å²) in [5, 5.41) is 16.1. The molecule has 0 aliphatic carbocycles. The fourth-order valence-corrected chi connectivity index (χ4v) is 2.65. The number of carbonyl (C=O) groups is 1. The van der Waals surface area contributed by atoms with Gasteiger partial charge in [0.25, 0.3) is 11.5 Å². The summed E-state index contributed by atoms with van der Waals surface area (Å²) in [6, 6.07) is 13.8. The van der Waals surface area contributed by atoms with E-state index in [0.717, 1.165) is 10.2 Å². The van der Waals surface area contributed by atoms with E-state index in [9.17, 15) is 14.0 Å². The van der Waals surface area contributed by atoms with Crippen molar-refractivity contribution in [2.75, 3.05) is 6.61 Å². The maximum Gasteiger partial charge on any atom is 0.284 e. The van der Waals surface area contributed by atoms with Gasteiger partial charge >= 0.3 is 0 Å². The van der Waals surface area contributed by atoms with E-state index in [0.29, 0.717) is 11.3 Å². The third-order valence-corrected chi connectivity index (χ3v) is 4.21. The molecule has 0 aliphatic heterocycles. The zero-order valence-corrected chi connectivity index (χ0v) is 15.5. The molecule has 1 aromatic heterocycles. The topological polar surface area (TPSA) is 84.2 Å². The van der Waals surface area contributed by atoms with Gasteiger partial charge in [-0.2, -0.15) is 9.78 Å². The number of hydrogen-bond donors (Lipinski definition) is 2. The van der Waals surface area contributed by atoms with Crippen molar-refractivity contribution in [3.05, 3.63) is 81.9 Å². The van der Waals surface area contributed by atoms with Gasteiger partial charge in [-0.15, -0.1) is 0 Å². The summed E-state index contributed by atoms with van der Waals surface area (Å²) in [4.78, 5) is 25.5. The molecule has 0 aliphatic rings. The second kappa shape index (κ2) is 8.14. The van der Waals surface area contributed by atoms with E-state index >= 15 is 0 Å². The first-order chi connectivity index (χ1) is 13.4. The maximum absolute atomic E-state index is 13.7. The molecule has 0 unspecified atom stereocenters. The van der Waals surface area contributed by atoms with Crippen LogP contribution in [0.1, 0.15) is 22.8 Å². The average molecular weight is 381 g/mol. The van der Waals surface area contributed by atoms with Crippen LogP contribution in [-0.4, -0.2) is 33.4 Å². The van der Waals surface area contributed by atoms with E-state index in [1.54, 1.807) is 6.92 Å². The van der Waals surface area contributed by atoms with Crippen LogP contribution in [0.15, 0.2) is 59.4 Å². The minimum absolute atomic E-state index is 0.143. The molecule has 0 radical (unpaired) electrons. The highest BCUT2D eigenvalue weighted by Gasteiger charge is 2.19. The first kappa shape index (κ1) is 19.4. The van der Waals surface area contributed by atoms with Crippen molar-refractivity contribution in [2.45, 2.75) is 19.9 Å². The van der Waals surface area contributed by atoms with Gasteiger partial charge in [0, 0.05) is 11.6 Å². The number of aliphatic hydroxyl groups excluding tert-OH is 1. The zero-order chi connectivity index (χ0) is 20.3. The predicted molar refractivity (Wildman–Crippen MR) is 104 cm³/mol. The molecule has 3 aromatic rings. The van der Waals surface area contributed by atoms with Crippen LogP contribution in [0, 0.1) is 12.7 Å². The molecule has 2 aromatic carbocycles. The number of aryl methyl sites for hydroxylation is 1. The number of benzene rings is 2. The number of halogens is 1. The van der Waals surface area contributed by atoms with Crippen LogP contribution in [0.3, 0.4) is 0 Å². The summed E-state index contributed by atoms with van der Waals surface area (Å²) in [7, 11) is 0. The summed E-state index contributed by atoms with van der Waals surface area (Å²) in [5.74, 6) is -1.15. The molecule has 0 spiro atoms. The van der Waals surface area contributed by atoms with Gasteiger partial charge in [0.2, 0.25) is 0 Å². The number of carbonyl (C=O) groups excluding carboxylic acids is 1. The molecule has 0 saturated heterocycles. The fraction of sp³-hybridized carbons (Fsp3) is 0.190. The summed E-state index contributed by atoms with van der Waals surface area (Å²) in [5.41, 5.74) is 1.55. The molecule has 0 saturated carbocycles. The molecule has 3 rings (SSSR count). The lowest BCUT2D eigenvalue weighted by molar-refractivity contribution is 0.0920. The lowest BCUT2D eigenvalue weighted by Crippen LogP contribution is -2.39. The van der Waals surface area contributed by atoms with Crippen LogP contribution in [0.4, 0.5) is 4.39 Å². The van der Waals surface area contributed by atoms with Gasteiger partial charge in [0.15, 0.2) is 0 Å². The van der Waals surface area contributed by atoms with Crippen LogP contribution >= 0.6 is 0 Å². The minimum Gasteiger partial charge on any atom is -0.394 e. The quantitative estimate of drug-likeness (QED) is 0.711. The van der Waals surface area contributed by atoms with E-state index in [2.05, 4.69) is 10.4 Å². The van der Waals surface area contributed by atoms with Crippen molar-refractivity contribution in [1.29, 1.82) is 0 Å². The number of hydrogen-bond acceptors (Lipinski definition) is 4. The van der Waals surface area contributed by atoms with Crippen molar-refractivity contribution < 1.29 is 14.3 Å². The molecule has 1 amide bonds. The summed E-state index contributed by atoms with van der Waals surface area (Å²) in [6.45, 7) is 3.30. The Bertz CT molecular complexity index is 1060. The van der Waals surface area contributed by atoms with Crippen LogP contribution < -0.4 is 10.9 Å². The number of nitrogens with one attached hydrogen (secondary N) is 1. The Morgan fingerprint density at radius 1 is 1.21 bits per heavy atom. The van der Waals surface area contributed by atoms with Gasteiger partial charge in [-0.1, -0.05) is 35.9 Å². The molecule has 1 atom stereocenters. The third-order valence-electron chi connectivity index (χ3n) is 4.21. The minimum atomic E-state index is -0.677. The van der Waals surface area contributed by atoms with Gasteiger partial charge in [-0.25, -0.2) is 4.39 Å². The molecule has 28 heavy (non-hydrogen) atoms. The first-order valence-corrected chi connectivity index (χ1v) is 8.78. The van der Waals surface area contributed by atoms with Gasteiger partial charge < -0.3 is 10.4 Å². The normalized spacial score (nSPS) is 11.9. The lowest BCUT2D eigenvalue weighted by Gasteiger charge is -2.13. The van der Waals surface area contributed by atoms with Crippen LogP contribution in [0.25, 0.3) is 16.9 Å². The molecule has 2 N–H and O–H groups in total. The Kier molecular flexibility index (Phi) is 5.65. The average Bonchev–Trinajstić information content (AvgIpc) is 2.68. The zero-order valence-electron chi connectivity index (χ0n) is 15.5. The molecule has 0 fully saturated rings. The predicted octanol–water partition coefficient (Wildman–Crippen LogP) is 2.46. The van der Waals surface area contributed by atoms with E-state index in [4.69, 9.17) is 5.11 Å². The van der Waals surface area contributed by atoms with Gasteiger partial charge in [-0.3, -0.25) is 9.59 Å². The van der Waals surface area contributed by atoms with Crippen molar-refractivity contribution in [1.82, 2.24) is 15.1 Å². The third kappa shape index (κ3) is 4.15. The van der Waals surface area contributed by atoms with E-state index in [-0.39, 0.29) is 17.9 Å². The molecular formula is C21H20FN3O3. The van der Waals surface area contributed by atoms with Crippen molar-refractivity contribution in [2.24, 2.45) is 0 Å². The van der Waals surface area contributed by atoms with Gasteiger partial charge in [0.1, 0.15) is 11.4 Å². The SMILES string of the molecule is Cc1ccc(-c2cc(C(=O)N[C@@H](C)CO)c(=O)n(-c3cccc(F)c3)n2)cc1. The Hall–Kier alpha value is -3.32. The lowest BCUT2D eigenvalue weighted by atomic mass is 10.1. The number of aromatic nitrogens is 2. The van der Waals surface area contributed by atoms with Gasteiger partial charge in [-0.05, 0) is 38.1 Å². The summed E-state index contributed by atoms with van der Waals surface area (Å²) in [6.07, 6.45) is 0. The summed E-state index contributed by atoms with van der Waals surface area (Å²) < 4.78 is 14.7. The highest BCUT2D eigenvalue weighted by molar-refractivity contribution is 5.95. The smallest absolute Gasteiger partial charge is 0.284 e. The van der Waals surface area contributed by atoms with Crippen LogP contribution in [-0.2, 0) is 0 Å². The molecule has 7 heteroatoms. The van der Waals surface area contributed by atoms with Crippen molar-refractivity contribution in [3.8, 4) is 16.9 Å². The highest BCUT2D eigenvalue weighted by Crippen LogP contribution is 2.19. The number of nitrogens with zero attached hydrogens (tertiary/aromatic N) is 2. The highest BCUT2D eigenvalue weighted by atomic mass is 19.1. The largest absolute Gasteiger partial charge is 0.394 e. The second-order valence-electron chi connectivity index (χ2n) is 6.56. The number of aliphatic hydroxyl groups is 1. The monoisotopic (exact) mass is 381 g/mol. The molecular weight excluding hydrogens is 361 g/mol. The van der Waals surface area contributed by atoms with Crippen LogP contribution in [0.2, 0.25) is 0 Å². The Balaban J connectivity index is 2.19. The maximum atomic E-state index is 13.7. The second-order valence-corrected chi connectivity index (χ2v) is 6.56. The molecule has 6 nitrogen and oxygen atoms in total.